The van der Waals surface area contributed by atoms with Crippen LogP contribution in [0, 0.1) is 0 Å². The van der Waals surface area contributed by atoms with E-state index in [1.54, 1.807) is 0 Å². The Morgan fingerprint density at radius 1 is 1.00 bits per heavy atom. The SMILES string of the molecule is CC1(C)SCNC1C(O)(c1ccccc1)c1ccccc1. The first-order chi connectivity index (χ1) is 10.0. The lowest BCUT2D eigenvalue weighted by atomic mass is 9.75. The standard InChI is InChI=1S/C18H21NOS/c1-17(2)16(19-13-21-17)18(20,14-9-5-3-6-10-14)15-11-7-4-8-12-15/h3-12,16,19-20H,13H2,1-2H3. The van der Waals surface area contributed by atoms with Gasteiger partial charge >= 0.3 is 0 Å². The second-order valence-corrected chi connectivity index (χ2v) is 7.66. The largest absolute Gasteiger partial charge is 0.379 e. The molecule has 3 rings (SSSR count). The minimum atomic E-state index is -1.03. The maximum Gasteiger partial charge on any atom is 0.131 e. The van der Waals surface area contributed by atoms with Gasteiger partial charge < -0.3 is 10.4 Å². The highest BCUT2D eigenvalue weighted by molar-refractivity contribution is 8.00. The van der Waals surface area contributed by atoms with Crippen LogP contribution in [-0.4, -0.2) is 21.8 Å². The van der Waals surface area contributed by atoms with E-state index in [0.29, 0.717) is 0 Å². The number of hydrogen-bond donors (Lipinski definition) is 2. The van der Waals surface area contributed by atoms with Crippen LogP contribution in [-0.2, 0) is 5.60 Å². The van der Waals surface area contributed by atoms with Gasteiger partial charge in [-0.25, -0.2) is 0 Å². The molecule has 1 aliphatic rings. The molecule has 1 aliphatic heterocycles. The zero-order chi connectivity index (χ0) is 14.9. The van der Waals surface area contributed by atoms with Crippen LogP contribution < -0.4 is 5.32 Å². The summed E-state index contributed by atoms with van der Waals surface area (Å²) < 4.78 is -0.0412. The number of aliphatic hydroxyl groups is 1. The number of thioether (sulfide) groups is 1. The molecule has 1 fully saturated rings. The highest BCUT2D eigenvalue weighted by atomic mass is 32.2. The predicted octanol–water partition coefficient (Wildman–Crippen LogP) is 3.36. The molecule has 2 aromatic rings. The fourth-order valence-electron chi connectivity index (χ4n) is 3.18. The summed E-state index contributed by atoms with van der Waals surface area (Å²) in [6, 6.07) is 19.9. The lowest BCUT2D eigenvalue weighted by Crippen LogP contribution is -2.54. The van der Waals surface area contributed by atoms with Crippen LogP contribution in [0.4, 0.5) is 0 Å². The molecular weight excluding hydrogens is 278 g/mol. The second kappa shape index (κ2) is 5.48. The Morgan fingerprint density at radius 2 is 1.48 bits per heavy atom. The number of benzene rings is 2. The summed E-state index contributed by atoms with van der Waals surface area (Å²) in [7, 11) is 0. The Balaban J connectivity index is 2.16. The second-order valence-electron chi connectivity index (χ2n) is 6.03. The molecule has 0 amide bonds. The molecule has 0 spiro atoms. The summed E-state index contributed by atoms with van der Waals surface area (Å²) in [4.78, 5) is 0. The van der Waals surface area contributed by atoms with E-state index in [1.807, 2.05) is 72.4 Å². The van der Waals surface area contributed by atoms with E-state index in [1.165, 1.54) is 0 Å². The van der Waals surface area contributed by atoms with Crippen molar-refractivity contribution in [1.29, 1.82) is 0 Å². The molecule has 1 saturated heterocycles. The summed E-state index contributed by atoms with van der Waals surface area (Å²) in [6.07, 6.45) is 0. The first-order valence-electron chi connectivity index (χ1n) is 7.26. The van der Waals surface area contributed by atoms with Crippen LogP contribution >= 0.6 is 11.8 Å². The van der Waals surface area contributed by atoms with Gasteiger partial charge in [-0.1, -0.05) is 60.7 Å². The average Bonchev–Trinajstić information content (AvgIpc) is 2.88. The van der Waals surface area contributed by atoms with Gasteiger partial charge in [0.25, 0.3) is 0 Å². The molecule has 2 N–H and O–H groups in total. The first kappa shape index (κ1) is 14.6. The maximum absolute atomic E-state index is 11.7. The zero-order valence-electron chi connectivity index (χ0n) is 12.4. The molecule has 0 radical (unpaired) electrons. The van der Waals surface area contributed by atoms with Crippen molar-refractivity contribution in [3.05, 3.63) is 71.8 Å². The van der Waals surface area contributed by atoms with Gasteiger partial charge in [0.15, 0.2) is 0 Å². The Kier molecular flexibility index (Phi) is 3.82. The van der Waals surface area contributed by atoms with Crippen LogP contribution in [0.1, 0.15) is 25.0 Å². The molecule has 0 aromatic heterocycles. The summed E-state index contributed by atoms with van der Waals surface area (Å²) >= 11 is 1.85. The lowest BCUT2D eigenvalue weighted by Gasteiger charge is -2.41. The van der Waals surface area contributed by atoms with Gasteiger partial charge in [0.1, 0.15) is 5.60 Å². The molecule has 1 atom stereocenters. The lowest BCUT2D eigenvalue weighted by molar-refractivity contribution is 0.0318. The van der Waals surface area contributed by atoms with Gasteiger partial charge in [0, 0.05) is 10.6 Å². The Labute approximate surface area is 130 Å². The first-order valence-corrected chi connectivity index (χ1v) is 8.24. The topological polar surface area (TPSA) is 32.3 Å². The van der Waals surface area contributed by atoms with E-state index >= 15 is 0 Å². The quantitative estimate of drug-likeness (QED) is 0.911. The van der Waals surface area contributed by atoms with Crippen molar-refractivity contribution in [2.24, 2.45) is 0 Å². The van der Waals surface area contributed by atoms with Crippen molar-refractivity contribution in [3.8, 4) is 0 Å². The van der Waals surface area contributed by atoms with Gasteiger partial charge in [-0.2, -0.15) is 0 Å². The van der Waals surface area contributed by atoms with E-state index in [2.05, 4.69) is 19.2 Å². The number of rotatable bonds is 3. The molecular formula is C18H21NOS. The monoisotopic (exact) mass is 299 g/mol. The van der Waals surface area contributed by atoms with Crippen molar-refractivity contribution in [3.63, 3.8) is 0 Å². The Bertz CT molecular complexity index is 558. The molecule has 1 unspecified atom stereocenters. The van der Waals surface area contributed by atoms with Gasteiger partial charge in [-0.05, 0) is 25.0 Å². The van der Waals surface area contributed by atoms with Crippen LogP contribution in [0.15, 0.2) is 60.7 Å². The van der Waals surface area contributed by atoms with Crippen molar-refractivity contribution >= 4 is 11.8 Å². The Hall–Kier alpha value is -1.29. The summed E-state index contributed by atoms with van der Waals surface area (Å²) in [5.74, 6) is 0.861. The predicted molar refractivity (Wildman–Crippen MR) is 89.3 cm³/mol. The molecule has 110 valence electrons. The van der Waals surface area contributed by atoms with E-state index in [9.17, 15) is 5.11 Å². The van der Waals surface area contributed by atoms with Crippen molar-refractivity contribution in [2.75, 3.05) is 5.88 Å². The minimum absolute atomic E-state index is 0.0412. The normalized spacial score (nSPS) is 21.4. The van der Waals surface area contributed by atoms with Crippen molar-refractivity contribution < 1.29 is 5.11 Å². The van der Waals surface area contributed by atoms with Crippen LogP contribution in [0.5, 0.6) is 0 Å². The Morgan fingerprint density at radius 3 is 1.86 bits per heavy atom. The third kappa shape index (κ3) is 2.50. The van der Waals surface area contributed by atoms with Crippen molar-refractivity contribution in [1.82, 2.24) is 5.32 Å². The maximum atomic E-state index is 11.7. The van der Waals surface area contributed by atoms with E-state index < -0.39 is 5.60 Å². The van der Waals surface area contributed by atoms with E-state index in [0.717, 1.165) is 17.0 Å². The van der Waals surface area contributed by atoms with Crippen LogP contribution in [0.3, 0.4) is 0 Å². The number of nitrogens with one attached hydrogen (secondary N) is 1. The molecule has 0 bridgehead atoms. The van der Waals surface area contributed by atoms with E-state index in [4.69, 9.17) is 0 Å². The van der Waals surface area contributed by atoms with Gasteiger partial charge in [0.05, 0.1) is 6.04 Å². The smallest absolute Gasteiger partial charge is 0.131 e. The summed E-state index contributed by atoms with van der Waals surface area (Å²) in [5.41, 5.74) is 0.837. The third-order valence-electron chi connectivity index (χ3n) is 4.27. The van der Waals surface area contributed by atoms with Crippen LogP contribution in [0.25, 0.3) is 0 Å². The van der Waals surface area contributed by atoms with Gasteiger partial charge in [-0.3, -0.25) is 0 Å². The van der Waals surface area contributed by atoms with Crippen molar-refractivity contribution in [2.45, 2.75) is 30.2 Å². The highest BCUT2D eigenvalue weighted by Gasteiger charge is 2.50. The molecule has 0 aliphatic carbocycles. The van der Waals surface area contributed by atoms with Gasteiger partial charge in [-0.15, -0.1) is 11.8 Å². The summed E-state index contributed by atoms with van der Waals surface area (Å²) in [5, 5.41) is 15.2. The molecule has 0 saturated carbocycles. The average molecular weight is 299 g/mol. The molecule has 2 aromatic carbocycles. The van der Waals surface area contributed by atoms with E-state index in [-0.39, 0.29) is 10.8 Å². The molecule has 3 heteroatoms. The van der Waals surface area contributed by atoms with Gasteiger partial charge in [0.2, 0.25) is 0 Å². The minimum Gasteiger partial charge on any atom is -0.379 e. The zero-order valence-corrected chi connectivity index (χ0v) is 13.2. The molecule has 21 heavy (non-hydrogen) atoms. The fraction of sp³-hybridized carbons (Fsp3) is 0.333. The number of hydrogen-bond acceptors (Lipinski definition) is 3. The highest BCUT2D eigenvalue weighted by Crippen LogP contribution is 2.45. The molecule has 1 heterocycles. The fourth-order valence-corrected chi connectivity index (χ4v) is 4.22. The summed E-state index contributed by atoms with van der Waals surface area (Å²) in [6.45, 7) is 4.39. The third-order valence-corrected chi connectivity index (χ3v) is 5.56. The van der Waals surface area contributed by atoms with Crippen LogP contribution in [0.2, 0.25) is 0 Å². The molecule has 2 nitrogen and oxygen atoms in total.